The van der Waals surface area contributed by atoms with Crippen molar-refractivity contribution in [1.82, 2.24) is 9.88 Å². The van der Waals surface area contributed by atoms with Crippen molar-refractivity contribution in [3.63, 3.8) is 0 Å². The smallest absolute Gasteiger partial charge is 0.274 e. The van der Waals surface area contributed by atoms with E-state index in [9.17, 15) is 9.90 Å². The Morgan fingerprint density at radius 2 is 2.33 bits per heavy atom. The number of pyridine rings is 1. The molecule has 0 aliphatic carbocycles. The van der Waals surface area contributed by atoms with Crippen molar-refractivity contribution in [3.8, 4) is 0 Å². The van der Waals surface area contributed by atoms with Gasteiger partial charge in [0.1, 0.15) is 0 Å². The molecule has 2 heterocycles. The molecule has 5 nitrogen and oxygen atoms in total. The molecule has 1 unspecified atom stereocenters. The normalized spacial score (nSPS) is 20.5. The van der Waals surface area contributed by atoms with Crippen molar-refractivity contribution in [2.75, 3.05) is 18.9 Å². The molecule has 1 atom stereocenters. The SMILES string of the molecule is Nc1cccnc1C(=O)N1CCCCCC1CO. The van der Waals surface area contributed by atoms with Gasteiger partial charge in [-0.05, 0) is 25.0 Å². The molecule has 1 aliphatic rings. The third-order valence-corrected chi connectivity index (χ3v) is 3.39. The average Bonchev–Trinajstić information content (AvgIpc) is 2.63. The Balaban J connectivity index is 2.23. The molecular weight excluding hydrogens is 230 g/mol. The number of carbonyl (C=O) groups excluding carboxylic acids is 1. The Kier molecular flexibility index (Phi) is 4.15. The molecule has 1 aromatic heterocycles. The van der Waals surface area contributed by atoms with Gasteiger partial charge in [-0.1, -0.05) is 12.8 Å². The van der Waals surface area contributed by atoms with Crippen LogP contribution in [0.25, 0.3) is 0 Å². The summed E-state index contributed by atoms with van der Waals surface area (Å²) in [6.07, 6.45) is 5.52. The van der Waals surface area contributed by atoms with Crippen molar-refractivity contribution in [2.24, 2.45) is 0 Å². The van der Waals surface area contributed by atoms with Gasteiger partial charge < -0.3 is 15.7 Å². The van der Waals surface area contributed by atoms with Gasteiger partial charge in [0, 0.05) is 12.7 Å². The van der Waals surface area contributed by atoms with Crippen LogP contribution in [-0.2, 0) is 0 Å². The fourth-order valence-corrected chi connectivity index (χ4v) is 2.37. The van der Waals surface area contributed by atoms with Crippen LogP contribution in [0.4, 0.5) is 5.69 Å². The van der Waals surface area contributed by atoms with Gasteiger partial charge in [0.05, 0.1) is 18.3 Å². The summed E-state index contributed by atoms with van der Waals surface area (Å²) in [5.41, 5.74) is 6.46. The van der Waals surface area contributed by atoms with Gasteiger partial charge in [0.2, 0.25) is 0 Å². The van der Waals surface area contributed by atoms with Gasteiger partial charge in [-0.3, -0.25) is 4.79 Å². The average molecular weight is 249 g/mol. The van der Waals surface area contributed by atoms with Gasteiger partial charge in [-0.2, -0.15) is 0 Å². The number of hydrogen-bond acceptors (Lipinski definition) is 4. The molecule has 0 spiro atoms. The highest BCUT2D eigenvalue weighted by Crippen LogP contribution is 2.20. The lowest BCUT2D eigenvalue weighted by atomic mass is 10.1. The second-order valence-corrected chi connectivity index (χ2v) is 4.63. The van der Waals surface area contributed by atoms with Crippen LogP contribution >= 0.6 is 0 Å². The lowest BCUT2D eigenvalue weighted by Gasteiger charge is -2.28. The number of likely N-dealkylation sites (tertiary alicyclic amines) is 1. The summed E-state index contributed by atoms with van der Waals surface area (Å²) >= 11 is 0. The number of aliphatic hydroxyl groups excluding tert-OH is 1. The summed E-state index contributed by atoms with van der Waals surface area (Å²) in [4.78, 5) is 18.2. The zero-order valence-electron chi connectivity index (χ0n) is 10.4. The third kappa shape index (κ3) is 2.61. The van der Waals surface area contributed by atoms with Gasteiger partial charge in [0.15, 0.2) is 5.69 Å². The van der Waals surface area contributed by atoms with E-state index in [4.69, 9.17) is 5.73 Å². The predicted octanol–water partition coefficient (Wildman–Crippen LogP) is 1.04. The Hall–Kier alpha value is -1.62. The third-order valence-electron chi connectivity index (χ3n) is 3.39. The Morgan fingerprint density at radius 1 is 1.50 bits per heavy atom. The van der Waals surface area contributed by atoms with E-state index in [1.165, 1.54) is 0 Å². The molecule has 2 rings (SSSR count). The van der Waals surface area contributed by atoms with E-state index in [-0.39, 0.29) is 24.2 Å². The first kappa shape index (κ1) is 12.8. The number of aromatic nitrogens is 1. The van der Waals surface area contributed by atoms with Crippen LogP contribution < -0.4 is 5.73 Å². The first-order chi connectivity index (χ1) is 8.74. The van der Waals surface area contributed by atoms with E-state index >= 15 is 0 Å². The van der Waals surface area contributed by atoms with E-state index in [2.05, 4.69) is 4.98 Å². The molecule has 98 valence electrons. The summed E-state index contributed by atoms with van der Waals surface area (Å²) in [5.74, 6) is -0.172. The van der Waals surface area contributed by atoms with Crippen molar-refractivity contribution in [3.05, 3.63) is 24.0 Å². The number of nitrogens with two attached hydrogens (primary N) is 1. The van der Waals surface area contributed by atoms with E-state index in [1.807, 2.05) is 0 Å². The maximum Gasteiger partial charge on any atom is 0.274 e. The van der Waals surface area contributed by atoms with Crippen LogP contribution in [0.15, 0.2) is 18.3 Å². The summed E-state index contributed by atoms with van der Waals surface area (Å²) in [5, 5.41) is 9.41. The Morgan fingerprint density at radius 3 is 3.06 bits per heavy atom. The molecule has 0 radical (unpaired) electrons. The molecule has 1 fully saturated rings. The monoisotopic (exact) mass is 249 g/mol. The number of anilines is 1. The van der Waals surface area contributed by atoms with Crippen molar-refractivity contribution >= 4 is 11.6 Å². The van der Waals surface area contributed by atoms with Crippen LogP contribution in [0.2, 0.25) is 0 Å². The Bertz CT molecular complexity index is 422. The summed E-state index contributed by atoms with van der Waals surface area (Å²) in [7, 11) is 0. The van der Waals surface area contributed by atoms with E-state index < -0.39 is 0 Å². The first-order valence-electron chi connectivity index (χ1n) is 6.36. The van der Waals surface area contributed by atoms with Crippen LogP contribution in [0.1, 0.15) is 36.2 Å². The van der Waals surface area contributed by atoms with Crippen LogP contribution in [-0.4, -0.2) is 40.1 Å². The second-order valence-electron chi connectivity index (χ2n) is 4.63. The molecule has 5 heteroatoms. The highest BCUT2D eigenvalue weighted by Gasteiger charge is 2.27. The summed E-state index contributed by atoms with van der Waals surface area (Å²) < 4.78 is 0. The van der Waals surface area contributed by atoms with E-state index in [1.54, 1.807) is 23.2 Å². The molecule has 1 amide bonds. The largest absolute Gasteiger partial charge is 0.397 e. The zero-order chi connectivity index (χ0) is 13.0. The van der Waals surface area contributed by atoms with Gasteiger partial charge in [0.25, 0.3) is 5.91 Å². The number of rotatable bonds is 2. The highest BCUT2D eigenvalue weighted by atomic mass is 16.3. The number of nitrogen functional groups attached to an aromatic ring is 1. The molecule has 18 heavy (non-hydrogen) atoms. The first-order valence-corrected chi connectivity index (χ1v) is 6.36. The van der Waals surface area contributed by atoms with Crippen LogP contribution in [0.3, 0.4) is 0 Å². The molecule has 1 saturated heterocycles. The van der Waals surface area contributed by atoms with Crippen LogP contribution in [0, 0.1) is 0 Å². The maximum absolute atomic E-state index is 12.4. The van der Waals surface area contributed by atoms with E-state index in [0.717, 1.165) is 25.7 Å². The molecule has 1 aromatic rings. The number of aliphatic hydroxyl groups is 1. The number of hydrogen-bond donors (Lipinski definition) is 2. The molecule has 3 N–H and O–H groups in total. The maximum atomic E-state index is 12.4. The van der Waals surface area contributed by atoms with Gasteiger partial charge in [-0.25, -0.2) is 4.98 Å². The standard InChI is InChI=1S/C13H19N3O2/c14-11-6-4-7-15-12(11)13(18)16-8-3-1-2-5-10(16)9-17/h4,6-7,10,17H,1-3,5,8-9,14H2. The molecule has 0 aromatic carbocycles. The minimum absolute atomic E-state index is 0.00151. The minimum Gasteiger partial charge on any atom is -0.397 e. The van der Waals surface area contributed by atoms with Crippen molar-refractivity contribution < 1.29 is 9.90 Å². The lowest BCUT2D eigenvalue weighted by molar-refractivity contribution is 0.0595. The quantitative estimate of drug-likeness (QED) is 0.820. The molecule has 1 aliphatic heterocycles. The number of carbonyl (C=O) groups is 1. The topological polar surface area (TPSA) is 79.5 Å². The minimum atomic E-state index is -0.172. The summed E-state index contributed by atoms with van der Waals surface area (Å²) in [6.45, 7) is 0.665. The Labute approximate surface area is 107 Å². The van der Waals surface area contributed by atoms with Crippen molar-refractivity contribution in [2.45, 2.75) is 31.7 Å². The second kappa shape index (κ2) is 5.82. The molecule has 0 bridgehead atoms. The van der Waals surface area contributed by atoms with Gasteiger partial charge >= 0.3 is 0 Å². The predicted molar refractivity (Wildman–Crippen MR) is 69.0 cm³/mol. The number of nitrogens with zero attached hydrogens (tertiary/aromatic N) is 2. The van der Waals surface area contributed by atoms with Gasteiger partial charge in [-0.15, -0.1) is 0 Å². The summed E-state index contributed by atoms with van der Waals surface area (Å²) in [6, 6.07) is 3.27. The number of amides is 1. The molecular formula is C13H19N3O2. The van der Waals surface area contributed by atoms with Crippen LogP contribution in [0.5, 0.6) is 0 Å². The van der Waals surface area contributed by atoms with E-state index in [0.29, 0.717) is 12.2 Å². The fraction of sp³-hybridized carbons (Fsp3) is 0.538. The van der Waals surface area contributed by atoms with Crippen molar-refractivity contribution in [1.29, 1.82) is 0 Å². The highest BCUT2D eigenvalue weighted by molar-refractivity contribution is 5.97. The molecule has 0 saturated carbocycles. The zero-order valence-corrected chi connectivity index (χ0v) is 10.4. The lowest BCUT2D eigenvalue weighted by Crippen LogP contribution is -2.42. The fourth-order valence-electron chi connectivity index (χ4n) is 2.37.